The fourth-order valence-corrected chi connectivity index (χ4v) is 2.58. The Balaban J connectivity index is 1.59. The number of hydrogen-bond acceptors (Lipinski definition) is 4. The molecule has 5 nitrogen and oxygen atoms in total. The smallest absolute Gasteiger partial charge is 0.226 e. The molecule has 0 fully saturated rings. The van der Waals surface area contributed by atoms with Gasteiger partial charge in [0.1, 0.15) is 0 Å². The number of nitrogens with one attached hydrogen (secondary N) is 1. The molecule has 1 aromatic heterocycles. The van der Waals surface area contributed by atoms with E-state index in [0.29, 0.717) is 31.2 Å². The molecule has 0 saturated heterocycles. The highest BCUT2D eigenvalue weighted by Gasteiger charge is 2.08. The van der Waals surface area contributed by atoms with Crippen molar-refractivity contribution in [3.63, 3.8) is 0 Å². The first kappa shape index (κ1) is 18.2. The van der Waals surface area contributed by atoms with Crippen LogP contribution in [-0.2, 0) is 17.6 Å². The minimum absolute atomic E-state index is 0.0866. The Hall–Kier alpha value is -2.17. The molecule has 2 rings (SSSR count). The maximum Gasteiger partial charge on any atom is 0.226 e. The van der Waals surface area contributed by atoms with Crippen molar-refractivity contribution in [1.29, 1.82) is 0 Å². The molecule has 130 valence electrons. The van der Waals surface area contributed by atoms with E-state index in [4.69, 9.17) is 4.52 Å². The Bertz CT molecular complexity index is 610. The summed E-state index contributed by atoms with van der Waals surface area (Å²) < 4.78 is 5.17. The van der Waals surface area contributed by atoms with E-state index in [0.717, 1.165) is 31.5 Å². The van der Waals surface area contributed by atoms with Gasteiger partial charge in [0, 0.05) is 25.8 Å². The lowest BCUT2D eigenvalue weighted by molar-refractivity contribution is -0.121. The van der Waals surface area contributed by atoms with E-state index in [1.807, 2.05) is 18.2 Å². The lowest BCUT2D eigenvalue weighted by Gasteiger charge is -2.12. The molecule has 2 aromatic rings. The van der Waals surface area contributed by atoms with Crippen LogP contribution in [0.25, 0.3) is 0 Å². The van der Waals surface area contributed by atoms with Gasteiger partial charge in [-0.3, -0.25) is 4.79 Å². The minimum atomic E-state index is 0.0866. The van der Waals surface area contributed by atoms with Gasteiger partial charge in [-0.25, -0.2) is 0 Å². The molecule has 24 heavy (non-hydrogen) atoms. The maximum atomic E-state index is 11.9. The highest BCUT2D eigenvalue weighted by Crippen LogP contribution is 2.17. The SMILES string of the molecule is CCCc1noc(CCCC(=O)NCC[C@@H](C)c2ccccc2)n1. The number of carbonyl (C=O) groups is 1. The van der Waals surface area contributed by atoms with Crippen LogP contribution in [-0.4, -0.2) is 22.6 Å². The zero-order valence-electron chi connectivity index (χ0n) is 14.6. The van der Waals surface area contributed by atoms with Crippen LogP contribution in [0.3, 0.4) is 0 Å². The lowest BCUT2D eigenvalue weighted by Crippen LogP contribution is -2.25. The number of aromatic nitrogens is 2. The average molecular weight is 329 g/mol. The van der Waals surface area contributed by atoms with Crippen LogP contribution >= 0.6 is 0 Å². The molecule has 1 aromatic carbocycles. The van der Waals surface area contributed by atoms with Crippen molar-refractivity contribution in [3.8, 4) is 0 Å². The van der Waals surface area contributed by atoms with Crippen LogP contribution in [0, 0.1) is 0 Å². The van der Waals surface area contributed by atoms with E-state index in [9.17, 15) is 4.79 Å². The van der Waals surface area contributed by atoms with E-state index in [1.165, 1.54) is 5.56 Å². The highest BCUT2D eigenvalue weighted by atomic mass is 16.5. The molecule has 0 bridgehead atoms. The monoisotopic (exact) mass is 329 g/mol. The Morgan fingerprint density at radius 1 is 1.25 bits per heavy atom. The van der Waals surface area contributed by atoms with E-state index in [2.05, 4.69) is 41.4 Å². The fourth-order valence-electron chi connectivity index (χ4n) is 2.58. The standard InChI is InChI=1S/C19H27N3O2/c1-3-8-17-21-19(24-22-17)12-7-11-18(23)20-14-13-15(2)16-9-5-4-6-10-16/h4-6,9-10,15H,3,7-8,11-14H2,1-2H3,(H,20,23)/t15-/m1/s1. The predicted octanol–water partition coefficient (Wildman–Crippen LogP) is 3.65. The Morgan fingerprint density at radius 3 is 2.79 bits per heavy atom. The maximum absolute atomic E-state index is 11.9. The summed E-state index contributed by atoms with van der Waals surface area (Å²) in [5.74, 6) is 1.92. The molecule has 0 saturated carbocycles. The van der Waals surface area contributed by atoms with Crippen molar-refractivity contribution in [1.82, 2.24) is 15.5 Å². The van der Waals surface area contributed by atoms with Gasteiger partial charge in [-0.15, -0.1) is 0 Å². The Labute approximate surface area is 143 Å². The van der Waals surface area contributed by atoms with Crippen LogP contribution in [0.2, 0.25) is 0 Å². The number of carbonyl (C=O) groups excluding carboxylic acids is 1. The quantitative estimate of drug-likeness (QED) is 0.722. The number of rotatable bonds is 10. The number of hydrogen-bond donors (Lipinski definition) is 1. The van der Waals surface area contributed by atoms with Crippen molar-refractivity contribution in [2.45, 2.75) is 58.3 Å². The van der Waals surface area contributed by atoms with E-state index in [-0.39, 0.29) is 5.91 Å². The second kappa shape index (κ2) is 9.85. The van der Waals surface area contributed by atoms with Crippen molar-refractivity contribution in [2.24, 2.45) is 0 Å². The first-order chi connectivity index (χ1) is 11.7. The van der Waals surface area contributed by atoms with Crippen molar-refractivity contribution < 1.29 is 9.32 Å². The van der Waals surface area contributed by atoms with Gasteiger partial charge in [0.05, 0.1) is 0 Å². The number of aryl methyl sites for hydroxylation is 2. The molecule has 1 amide bonds. The number of amides is 1. The summed E-state index contributed by atoms with van der Waals surface area (Å²) in [6.07, 6.45) is 4.66. The van der Waals surface area contributed by atoms with E-state index >= 15 is 0 Å². The van der Waals surface area contributed by atoms with Gasteiger partial charge in [0.15, 0.2) is 5.82 Å². The van der Waals surface area contributed by atoms with Gasteiger partial charge in [-0.1, -0.05) is 49.3 Å². The zero-order chi connectivity index (χ0) is 17.2. The Morgan fingerprint density at radius 2 is 2.04 bits per heavy atom. The van der Waals surface area contributed by atoms with Gasteiger partial charge in [0.25, 0.3) is 0 Å². The molecule has 0 unspecified atom stereocenters. The predicted molar refractivity (Wildman–Crippen MR) is 93.7 cm³/mol. The highest BCUT2D eigenvalue weighted by molar-refractivity contribution is 5.75. The number of nitrogens with zero attached hydrogens (tertiary/aromatic N) is 2. The third-order valence-corrected chi connectivity index (χ3v) is 4.05. The van der Waals surface area contributed by atoms with E-state index < -0.39 is 0 Å². The molecule has 1 N–H and O–H groups in total. The van der Waals surface area contributed by atoms with Gasteiger partial charge < -0.3 is 9.84 Å². The van der Waals surface area contributed by atoms with Crippen molar-refractivity contribution >= 4 is 5.91 Å². The Kier molecular flexibility index (Phi) is 7.46. The second-order valence-electron chi connectivity index (χ2n) is 6.16. The van der Waals surface area contributed by atoms with Crippen LogP contribution in [0.15, 0.2) is 34.9 Å². The summed E-state index contributed by atoms with van der Waals surface area (Å²) in [4.78, 5) is 16.2. The molecule has 1 atom stereocenters. The normalized spacial score (nSPS) is 12.1. The topological polar surface area (TPSA) is 68.0 Å². The second-order valence-corrected chi connectivity index (χ2v) is 6.16. The molecule has 0 spiro atoms. The summed E-state index contributed by atoms with van der Waals surface area (Å²) in [7, 11) is 0. The summed E-state index contributed by atoms with van der Waals surface area (Å²) in [6.45, 7) is 4.97. The molecular formula is C19H27N3O2. The largest absolute Gasteiger partial charge is 0.356 e. The molecule has 0 aliphatic carbocycles. The third kappa shape index (κ3) is 6.14. The lowest BCUT2D eigenvalue weighted by atomic mass is 9.98. The zero-order valence-corrected chi connectivity index (χ0v) is 14.6. The number of benzene rings is 1. The van der Waals surface area contributed by atoms with Crippen LogP contribution in [0.1, 0.15) is 62.7 Å². The first-order valence-electron chi connectivity index (χ1n) is 8.82. The summed E-state index contributed by atoms with van der Waals surface area (Å²) in [5.41, 5.74) is 1.31. The van der Waals surface area contributed by atoms with Crippen LogP contribution < -0.4 is 5.32 Å². The third-order valence-electron chi connectivity index (χ3n) is 4.05. The molecule has 0 aliphatic rings. The summed E-state index contributed by atoms with van der Waals surface area (Å²) in [5, 5.41) is 6.90. The van der Waals surface area contributed by atoms with Crippen LogP contribution in [0.4, 0.5) is 0 Å². The molecule has 0 radical (unpaired) electrons. The van der Waals surface area contributed by atoms with E-state index in [1.54, 1.807) is 0 Å². The summed E-state index contributed by atoms with van der Waals surface area (Å²) >= 11 is 0. The molecule has 1 heterocycles. The summed E-state index contributed by atoms with van der Waals surface area (Å²) in [6, 6.07) is 10.4. The van der Waals surface area contributed by atoms with Gasteiger partial charge in [-0.2, -0.15) is 4.98 Å². The van der Waals surface area contributed by atoms with Gasteiger partial charge in [0.2, 0.25) is 11.8 Å². The fraction of sp³-hybridized carbons (Fsp3) is 0.526. The van der Waals surface area contributed by atoms with Crippen molar-refractivity contribution in [2.75, 3.05) is 6.54 Å². The minimum Gasteiger partial charge on any atom is -0.356 e. The van der Waals surface area contributed by atoms with Gasteiger partial charge >= 0.3 is 0 Å². The average Bonchev–Trinajstić information content (AvgIpc) is 3.03. The first-order valence-corrected chi connectivity index (χ1v) is 8.82. The molecule has 0 aliphatic heterocycles. The van der Waals surface area contributed by atoms with Crippen LogP contribution in [0.5, 0.6) is 0 Å². The van der Waals surface area contributed by atoms with Crippen molar-refractivity contribution in [3.05, 3.63) is 47.6 Å². The van der Waals surface area contributed by atoms with Gasteiger partial charge in [-0.05, 0) is 30.7 Å². The molecule has 5 heteroatoms. The molecular weight excluding hydrogens is 302 g/mol.